The van der Waals surface area contributed by atoms with Gasteiger partial charge >= 0.3 is 6.03 Å². The minimum atomic E-state index is -0.102. The van der Waals surface area contributed by atoms with Crippen LogP contribution in [0.3, 0.4) is 0 Å². The van der Waals surface area contributed by atoms with Crippen LogP contribution in [0.15, 0.2) is 42.5 Å². The molecule has 1 heterocycles. The number of urea groups is 1. The predicted octanol–water partition coefficient (Wildman–Crippen LogP) is 5.16. The van der Waals surface area contributed by atoms with Gasteiger partial charge in [0.15, 0.2) is 0 Å². The van der Waals surface area contributed by atoms with Crippen LogP contribution in [0.2, 0.25) is 0 Å². The summed E-state index contributed by atoms with van der Waals surface area (Å²) in [6.45, 7) is 2.84. The van der Waals surface area contributed by atoms with E-state index in [2.05, 4.69) is 36.5 Å². The zero-order valence-electron chi connectivity index (χ0n) is 16.3. The third-order valence-corrected chi connectivity index (χ3v) is 5.09. The van der Waals surface area contributed by atoms with Crippen molar-refractivity contribution >= 4 is 11.7 Å². The first-order valence-corrected chi connectivity index (χ1v) is 9.48. The Morgan fingerprint density at radius 3 is 2.67 bits per heavy atom. The number of rotatable bonds is 4. The molecule has 1 saturated heterocycles. The number of amides is 2. The number of ether oxygens (including phenoxy) is 2. The molecule has 2 amide bonds. The molecule has 1 unspecified atom stereocenters. The maximum Gasteiger partial charge on any atom is 0.322 e. The normalized spacial score (nSPS) is 17.1. The second-order valence-electron chi connectivity index (χ2n) is 6.97. The van der Waals surface area contributed by atoms with E-state index in [9.17, 15) is 4.79 Å². The number of carbonyl (C=O) groups is 1. The van der Waals surface area contributed by atoms with Gasteiger partial charge in [-0.3, -0.25) is 0 Å². The molecule has 5 nitrogen and oxygen atoms in total. The lowest BCUT2D eigenvalue weighted by molar-refractivity contribution is 0.189. The first-order chi connectivity index (χ1) is 13.1. The number of carbonyl (C=O) groups excluding carboxylic acids is 1. The van der Waals surface area contributed by atoms with Gasteiger partial charge in [0.05, 0.1) is 25.9 Å². The summed E-state index contributed by atoms with van der Waals surface area (Å²) in [4.78, 5) is 15.1. The summed E-state index contributed by atoms with van der Waals surface area (Å²) in [6, 6.07) is 13.8. The van der Waals surface area contributed by atoms with Crippen LogP contribution in [0.4, 0.5) is 10.5 Å². The molecule has 1 N–H and O–H groups in total. The Morgan fingerprint density at radius 1 is 1.07 bits per heavy atom. The summed E-state index contributed by atoms with van der Waals surface area (Å²) in [5.74, 6) is 1.29. The highest BCUT2D eigenvalue weighted by atomic mass is 16.5. The van der Waals surface area contributed by atoms with Crippen molar-refractivity contribution in [2.24, 2.45) is 0 Å². The molecule has 1 aliphatic rings. The number of nitrogens with one attached hydrogen (secondary N) is 1. The SMILES string of the molecule is COc1ccc(OC)c(NC(=O)N2CCCCCC2c2cccc(C)c2)c1. The van der Waals surface area contributed by atoms with Crippen molar-refractivity contribution < 1.29 is 14.3 Å². The fraction of sp³-hybridized carbons (Fsp3) is 0.409. The van der Waals surface area contributed by atoms with E-state index in [-0.39, 0.29) is 12.1 Å². The minimum absolute atomic E-state index is 0.0870. The molecule has 0 radical (unpaired) electrons. The molecule has 3 rings (SSSR count). The van der Waals surface area contributed by atoms with E-state index < -0.39 is 0 Å². The molecule has 0 aliphatic carbocycles. The van der Waals surface area contributed by atoms with Gasteiger partial charge in [-0.15, -0.1) is 0 Å². The van der Waals surface area contributed by atoms with E-state index in [1.165, 1.54) is 11.1 Å². The number of hydrogen-bond donors (Lipinski definition) is 1. The van der Waals surface area contributed by atoms with Crippen LogP contribution < -0.4 is 14.8 Å². The molecule has 2 aromatic rings. The van der Waals surface area contributed by atoms with Crippen LogP contribution in [0.25, 0.3) is 0 Å². The van der Waals surface area contributed by atoms with Gasteiger partial charge in [0, 0.05) is 12.6 Å². The first kappa shape index (κ1) is 19.1. The Kier molecular flexibility index (Phi) is 6.22. The average molecular weight is 368 g/mol. The Bertz CT molecular complexity index is 791. The van der Waals surface area contributed by atoms with E-state index in [1.54, 1.807) is 26.4 Å². The highest BCUT2D eigenvalue weighted by Crippen LogP contribution is 2.33. The fourth-order valence-corrected chi connectivity index (χ4v) is 3.67. The Balaban J connectivity index is 1.86. The molecule has 144 valence electrons. The van der Waals surface area contributed by atoms with E-state index >= 15 is 0 Å². The molecule has 1 atom stereocenters. The van der Waals surface area contributed by atoms with Crippen LogP contribution in [0, 0.1) is 6.92 Å². The minimum Gasteiger partial charge on any atom is -0.497 e. The number of benzene rings is 2. The third kappa shape index (κ3) is 4.54. The van der Waals surface area contributed by atoms with Crippen molar-refractivity contribution in [3.8, 4) is 11.5 Å². The maximum absolute atomic E-state index is 13.2. The lowest BCUT2D eigenvalue weighted by Crippen LogP contribution is -2.38. The van der Waals surface area contributed by atoms with Crippen LogP contribution in [0.1, 0.15) is 42.9 Å². The van der Waals surface area contributed by atoms with Crippen LogP contribution >= 0.6 is 0 Å². The average Bonchev–Trinajstić information content (AvgIpc) is 2.94. The molecule has 1 fully saturated rings. The smallest absolute Gasteiger partial charge is 0.322 e. The molecule has 1 aliphatic heterocycles. The summed E-state index contributed by atoms with van der Waals surface area (Å²) >= 11 is 0. The van der Waals surface area contributed by atoms with Gasteiger partial charge in [0.25, 0.3) is 0 Å². The largest absolute Gasteiger partial charge is 0.497 e. The molecule has 0 spiro atoms. The van der Waals surface area contributed by atoms with Gasteiger partial charge < -0.3 is 19.7 Å². The molecule has 0 bridgehead atoms. The summed E-state index contributed by atoms with van der Waals surface area (Å²) in [5.41, 5.74) is 3.03. The molecule has 0 saturated carbocycles. The highest BCUT2D eigenvalue weighted by Gasteiger charge is 2.27. The zero-order valence-corrected chi connectivity index (χ0v) is 16.3. The van der Waals surface area contributed by atoms with E-state index in [1.807, 2.05) is 11.0 Å². The van der Waals surface area contributed by atoms with E-state index in [0.29, 0.717) is 17.2 Å². The summed E-state index contributed by atoms with van der Waals surface area (Å²) < 4.78 is 10.7. The monoisotopic (exact) mass is 368 g/mol. The van der Waals surface area contributed by atoms with Gasteiger partial charge in [0.1, 0.15) is 11.5 Å². The van der Waals surface area contributed by atoms with Gasteiger partial charge in [0.2, 0.25) is 0 Å². The number of methoxy groups -OCH3 is 2. The Hall–Kier alpha value is -2.69. The second-order valence-corrected chi connectivity index (χ2v) is 6.97. The first-order valence-electron chi connectivity index (χ1n) is 9.48. The molecule has 27 heavy (non-hydrogen) atoms. The quantitative estimate of drug-likeness (QED) is 0.811. The second kappa shape index (κ2) is 8.80. The highest BCUT2D eigenvalue weighted by molar-refractivity contribution is 5.91. The summed E-state index contributed by atoms with van der Waals surface area (Å²) in [5, 5.41) is 3.03. The molecule has 0 aromatic heterocycles. The fourth-order valence-electron chi connectivity index (χ4n) is 3.67. The van der Waals surface area contributed by atoms with Crippen LogP contribution in [-0.4, -0.2) is 31.7 Å². The topological polar surface area (TPSA) is 50.8 Å². The predicted molar refractivity (Wildman–Crippen MR) is 108 cm³/mol. The van der Waals surface area contributed by atoms with Crippen molar-refractivity contribution in [1.29, 1.82) is 0 Å². The molecule has 2 aromatic carbocycles. The summed E-state index contributed by atoms with van der Waals surface area (Å²) in [7, 11) is 3.20. The number of likely N-dealkylation sites (tertiary alicyclic amines) is 1. The van der Waals surface area contributed by atoms with Crippen LogP contribution in [0.5, 0.6) is 11.5 Å². The standard InChI is InChI=1S/C22H28N2O3/c1-16-8-7-9-17(14-16)20-10-5-4-6-13-24(20)22(25)23-19-15-18(26-2)11-12-21(19)27-3/h7-9,11-12,14-15,20H,4-6,10,13H2,1-3H3,(H,23,25). The zero-order chi connectivity index (χ0) is 19.2. The van der Waals surface area contributed by atoms with Crippen molar-refractivity contribution in [2.45, 2.75) is 38.6 Å². The van der Waals surface area contributed by atoms with E-state index in [0.717, 1.165) is 32.2 Å². The Labute approximate surface area is 161 Å². The Morgan fingerprint density at radius 2 is 1.93 bits per heavy atom. The number of nitrogens with zero attached hydrogens (tertiary/aromatic N) is 1. The number of anilines is 1. The van der Waals surface area contributed by atoms with Crippen molar-refractivity contribution in [2.75, 3.05) is 26.1 Å². The summed E-state index contributed by atoms with van der Waals surface area (Å²) in [6.07, 6.45) is 4.27. The maximum atomic E-state index is 13.2. The number of hydrogen-bond acceptors (Lipinski definition) is 3. The number of aryl methyl sites for hydroxylation is 1. The molecular formula is C22H28N2O3. The van der Waals surface area contributed by atoms with Gasteiger partial charge in [-0.25, -0.2) is 4.79 Å². The van der Waals surface area contributed by atoms with Crippen LogP contribution in [-0.2, 0) is 0 Å². The third-order valence-electron chi connectivity index (χ3n) is 5.09. The van der Waals surface area contributed by atoms with Gasteiger partial charge in [-0.05, 0) is 37.5 Å². The molecule has 5 heteroatoms. The lowest BCUT2D eigenvalue weighted by atomic mass is 9.99. The van der Waals surface area contributed by atoms with Gasteiger partial charge in [-0.1, -0.05) is 42.7 Å². The lowest BCUT2D eigenvalue weighted by Gasteiger charge is -2.31. The van der Waals surface area contributed by atoms with Crippen molar-refractivity contribution in [3.05, 3.63) is 53.6 Å². The van der Waals surface area contributed by atoms with Crippen molar-refractivity contribution in [1.82, 2.24) is 4.90 Å². The van der Waals surface area contributed by atoms with Crippen molar-refractivity contribution in [3.63, 3.8) is 0 Å². The molecular weight excluding hydrogens is 340 g/mol. The van der Waals surface area contributed by atoms with Gasteiger partial charge in [-0.2, -0.15) is 0 Å². The van der Waals surface area contributed by atoms with E-state index in [4.69, 9.17) is 9.47 Å².